The minimum atomic E-state index is -3.67. The van der Waals surface area contributed by atoms with Gasteiger partial charge >= 0.3 is 0 Å². The Morgan fingerprint density at radius 1 is 0.921 bits per heavy atom. The quantitative estimate of drug-likeness (QED) is 0.601. The molecule has 38 heavy (non-hydrogen) atoms. The molecule has 3 amide bonds. The van der Waals surface area contributed by atoms with Gasteiger partial charge in [-0.2, -0.15) is 4.31 Å². The van der Waals surface area contributed by atoms with Gasteiger partial charge in [0.1, 0.15) is 5.00 Å². The van der Waals surface area contributed by atoms with Crippen molar-refractivity contribution in [1.82, 2.24) is 14.1 Å². The van der Waals surface area contributed by atoms with Crippen molar-refractivity contribution in [2.75, 3.05) is 51.3 Å². The number of rotatable bonds is 5. The number of hydrogen-bond donors (Lipinski definition) is 1. The topological polar surface area (TPSA) is 116 Å². The summed E-state index contributed by atoms with van der Waals surface area (Å²) in [6.07, 6.45) is 3.57. The molecule has 0 unspecified atom stereocenters. The Morgan fingerprint density at radius 3 is 2.26 bits per heavy atom. The van der Waals surface area contributed by atoms with E-state index in [9.17, 15) is 22.8 Å². The molecule has 1 aromatic carbocycles. The molecule has 4 heterocycles. The second-order valence-electron chi connectivity index (χ2n) is 9.75. The van der Waals surface area contributed by atoms with Gasteiger partial charge in [-0.3, -0.25) is 14.4 Å². The van der Waals surface area contributed by atoms with Crippen molar-refractivity contribution in [2.45, 2.75) is 44.0 Å². The van der Waals surface area contributed by atoms with Crippen molar-refractivity contribution in [3.05, 3.63) is 45.8 Å². The van der Waals surface area contributed by atoms with Crippen molar-refractivity contribution in [2.24, 2.45) is 0 Å². The fourth-order valence-corrected chi connectivity index (χ4v) is 7.79. The SMILES string of the molecule is CC(=O)N1CCc2c(sc(NC(=O)c3ccc(S(=O)(=O)N4CCOCC4)cc3)c2C(=O)N2CCCCC2)C1. The summed E-state index contributed by atoms with van der Waals surface area (Å²) in [5, 5.41) is 3.40. The first-order valence-electron chi connectivity index (χ1n) is 12.9. The van der Waals surface area contributed by atoms with Crippen LogP contribution in [0.25, 0.3) is 0 Å². The summed E-state index contributed by atoms with van der Waals surface area (Å²) >= 11 is 1.34. The van der Waals surface area contributed by atoms with Crippen LogP contribution in [0, 0.1) is 0 Å². The van der Waals surface area contributed by atoms with Crippen LogP contribution in [0.15, 0.2) is 29.2 Å². The van der Waals surface area contributed by atoms with Gasteiger partial charge in [-0.15, -0.1) is 11.3 Å². The predicted octanol–water partition coefficient (Wildman–Crippen LogP) is 2.55. The third kappa shape index (κ3) is 5.35. The molecule has 0 aliphatic carbocycles. The van der Waals surface area contributed by atoms with E-state index in [-0.39, 0.29) is 16.7 Å². The number of likely N-dealkylation sites (tertiary alicyclic amines) is 1. The summed E-state index contributed by atoms with van der Waals surface area (Å²) in [7, 11) is -3.67. The number of nitrogens with one attached hydrogen (secondary N) is 1. The normalized spacial score (nSPS) is 18.7. The minimum absolute atomic E-state index is 0.0225. The lowest BCUT2D eigenvalue weighted by Gasteiger charge is -2.29. The van der Waals surface area contributed by atoms with Crippen molar-refractivity contribution in [3.63, 3.8) is 0 Å². The molecule has 0 atom stereocenters. The number of benzene rings is 1. The maximum absolute atomic E-state index is 13.6. The molecular weight excluding hydrogens is 528 g/mol. The third-order valence-electron chi connectivity index (χ3n) is 7.31. The van der Waals surface area contributed by atoms with Crippen LogP contribution in [-0.2, 0) is 32.5 Å². The van der Waals surface area contributed by atoms with E-state index in [1.54, 1.807) is 4.90 Å². The molecule has 3 aliphatic rings. The van der Waals surface area contributed by atoms with Gasteiger partial charge in [0.25, 0.3) is 11.8 Å². The summed E-state index contributed by atoms with van der Waals surface area (Å²) in [5.74, 6) is -0.526. The minimum Gasteiger partial charge on any atom is -0.379 e. The molecule has 0 spiro atoms. The Balaban J connectivity index is 1.39. The maximum atomic E-state index is 13.6. The Labute approximate surface area is 226 Å². The Hall–Kier alpha value is -2.80. The molecule has 0 saturated carbocycles. The summed E-state index contributed by atoms with van der Waals surface area (Å²) in [5.41, 5.74) is 1.72. The molecule has 1 aromatic heterocycles. The Kier molecular flexibility index (Phi) is 7.85. The average Bonchev–Trinajstić information content (AvgIpc) is 3.30. The number of fused-ring (bicyclic) bond motifs is 1. The van der Waals surface area contributed by atoms with Crippen molar-refractivity contribution in [3.8, 4) is 0 Å². The summed E-state index contributed by atoms with van der Waals surface area (Å²) in [6.45, 7) is 5.16. The third-order valence-corrected chi connectivity index (χ3v) is 10.4. The van der Waals surface area contributed by atoms with Gasteiger partial charge in [-0.05, 0) is 55.5 Å². The highest BCUT2D eigenvalue weighted by atomic mass is 32.2. The fraction of sp³-hybridized carbons (Fsp3) is 0.500. The number of thiophene rings is 1. The number of anilines is 1. The number of sulfonamides is 1. The molecule has 204 valence electrons. The van der Waals surface area contributed by atoms with E-state index >= 15 is 0 Å². The summed E-state index contributed by atoms with van der Waals surface area (Å²) in [6, 6.07) is 5.84. The molecule has 2 aromatic rings. The number of carbonyl (C=O) groups is 3. The van der Waals surface area contributed by atoms with Gasteiger partial charge in [0.15, 0.2) is 0 Å². The number of amides is 3. The smallest absolute Gasteiger partial charge is 0.257 e. The van der Waals surface area contributed by atoms with Gasteiger partial charge in [-0.1, -0.05) is 0 Å². The molecule has 2 saturated heterocycles. The molecule has 5 rings (SSSR count). The van der Waals surface area contributed by atoms with Crippen LogP contribution in [0.3, 0.4) is 0 Å². The summed E-state index contributed by atoms with van der Waals surface area (Å²) in [4.78, 5) is 43.5. The maximum Gasteiger partial charge on any atom is 0.257 e. The van der Waals surface area contributed by atoms with Crippen LogP contribution < -0.4 is 5.32 Å². The van der Waals surface area contributed by atoms with E-state index in [0.29, 0.717) is 75.0 Å². The molecule has 1 N–H and O–H groups in total. The molecular formula is C26H32N4O6S2. The van der Waals surface area contributed by atoms with Gasteiger partial charge in [0.05, 0.1) is 30.2 Å². The molecule has 12 heteroatoms. The molecule has 0 bridgehead atoms. The van der Waals surface area contributed by atoms with Gasteiger partial charge in [-0.25, -0.2) is 8.42 Å². The van der Waals surface area contributed by atoms with E-state index in [0.717, 1.165) is 29.7 Å². The first-order chi connectivity index (χ1) is 18.3. The lowest BCUT2D eigenvalue weighted by atomic mass is 10.0. The second kappa shape index (κ2) is 11.1. The summed E-state index contributed by atoms with van der Waals surface area (Å²) < 4.78 is 32.5. The Morgan fingerprint density at radius 2 is 1.61 bits per heavy atom. The van der Waals surface area contributed by atoms with E-state index in [2.05, 4.69) is 5.32 Å². The molecule has 2 fully saturated rings. The Bertz CT molecular complexity index is 1330. The van der Waals surface area contributed by atoms with Crippen LogP contribution in [0.1, 0.15) is 57.3 Å². The number of piperidine rings is 1. The van der Waals surface area contributed by atoms with Gasteiger partial charge in [0.2, 0.25) is 15.9 Å². The number of nitrogens with zero attached hydrogens (tertiary/aromatic N) is 3. The van der Waals surface area contributed by atoms with Gasteiger partial charge < -0.3 is 19.9 Å². The van der Waals surface area contributed by atoms with Crippen LogP contribution in [0.2, 0.25) is 0 Å². The second-order valence-corrected chi connectivity index (χ2v) is 12.8. The van der Waals surface area contributed by atoms with Crippen molar-refractivity contribution < 1.29 is 27.5 Å². The number of ether oxygens (including phenoxy) is 1. The number of morpholine rings is 1. The van der Waals surface area contributed by atoms with E-state index in [4.69, 9.17) is 4.74 Å². The van der Waals surface area contributed by atoms with E-state index in [1.807, 2.05) is 4.90 Å². The lowest BCUT2D eigenvalue weighted by Crippen LogP contribution is -2.40. The fourth-order valence-electron chi connectivity index (χ4n) is 5.13. The zero-order valence-corrected chi connectivity index (χ0v) is 23.0. The molecule has 0 radical (unpaired) electrons. The highest BCUT2D eigenvalue weighted by Gasteiger charge is 2.32. The van der Waals surface area contributed by atoms with E-state index < -0.39 is 15.9 Å². The highest BCUT2D eigenvalue weighted by molar-refractivity contribution is 7.89. The first-order valence-corrected chi connectivity index (χ1v) is 15.2. The van der Waals surface area contributed by atoms with Crippen molar-refractivity contribution in [1.29, 1.82) is 0 Å². The number of hydrogen-bond acceptors (Lipinski definition) is 7. The predicted molar refractivity (Wildman–Crippen MR) is 143 cm³/mol. The lowest BCUT2D eigenvalue weighted by molar-refractivity contribution is -0.129. The van der Waals surface area contributed by atoms with E-state index in [1.165, 1.54) is 46.8 Å². The molecule has 3 aliphatic heterocycles. The van der Waals surface area contributed by atoms with Crippen LogP contribution in [-0.4, -0.2) is 86.2 Å². The highest BCUT2D eigenvalue weighted by Crippen LogP contribution is 2.38. The zero-order chi connectivity index (χ0) is 26.9. The monoisotopic (exact) mass is 560 g/mol. The largest absolute Gasteiger partial charge is 0.379 e. The van der Waals surface area contributed by atoms with Crippen LogP contribution in [0.4, 0.5) is 5.00 Å². The zero-order valence-electron chi connectivity index (χ0n) is 21.4. The van der Waals surface area contributed by atoms with Crippen molar-refractivity contribution >= 4 is 44.1 Å². The van der Waals surface area contributed by atoms with Crippen LogP contribution in [0.5, 0.6) is 0 Å². The van der Waals surface area contributed by atoms with Gasteiger partial charge in [0, 0.05) is 50.1 Å². The number of carbonyl (C=O) groups excluding carboxylic acids is 3. The molecule has 10 nitrogen and oxygen atoms in total. The van der Waals surface area contributed by atoms with Crippen LogP contribution >= 0.6 is 11.3 Å². The standard InChI is InChI=1S/C26H32N4O6S2/c1-18(31)29-12-9-21-22(17-29)37-25(23(21)26(33)28-10-3-2-4-11-28)27-24(32)19-5-7-20(8-6-19)38(34,35)30-13-15-36-16-14-30/h5-8H,2-4,9-17H2,1H3,(H,27,32). The first kappa shape index (κ1) is 26.8. The average molecular weight is 561 g/mol.